The van der Waals surface area contributed by atoms with E-state index in [4.69, 9.17) is 10.4 Å². The normalized spacial score (nSPS) is 10.2. The van der Waals surface area contributed by atoms with Crippen molar-refractivity contribution < 1.29 is 5.11 Å². The summed E-state index contributed by atoms with van der Waals surface area (Å²) in [5.41, 5.74) is 2.40. The van der Waals surface area contributed by atoms with Gasteiger partial charge in [0.15, 0.2) is 0 Å². The molecule has 2 aromatic rings. The van der Waals surface area contributed by atoms with Crippen LogP contribution in [0, 0.1) is 11.3 Å². The van der Waals surface area contributed by atoms with E-state index in [1.807, 2.05) is 16.5 Å². The molecule has 0 fully saturated rings. The number of rotatable bonds is 1. The highest BCUT2D eigenvalue weighted by molar-refractivity contribution is 5.53. The zero-order chi connectivity index (χ0) is 9.26. The molecule has 0 bridgehead atoms. The minimum atomic E-state index is 0.0140. The first-order valence-corrected chi connectivity index (χ1v) is 3.96. The fourth-order valence-electron chi connectivity index (χ4n) is 1.37. The molecule has 2 heterocycles. The van der Waals surface area contributed by atoms with Gasteiger partial charge in [0, 0.05) is 17.4 Å². The zero-order valence-electron chi connectivity index (χ0n) is 6.94. The van der Waals surface area contributed by atoms with Crippen LogP contribution in [0.1, 0.15) is 11.3 Å². The Morgan fingerprint density at radius 3 is 2.92 bits per heavy atom. The molecule has 1 N–H and O–H groups in total. The van der Waals surface area contributed by atoms with Crippen LogP contribution >= 0.6 is 0 Å². The van der Waals surface area contributed by atoms with Gasteiger partial charge in [0.1, 0.15) is 0 Å². The third-order valence-electron chi connectivity index (χ3n) is 2.03. The highest BCUT2D eigenvalue weighted by atomic mass is 16.3. The number of aromatic nitrogens is 1. The second kappa shape index (κ2) is 2.92. The second-order valence-corrected chi connectivity index (χ2v) is 2.80. The van der Waals surface area contributed by atoms with Crippen LogP contribution in [-0.4, -0.2) is 9.51 Å². The average Bonchev–Trinajstić information content (AvgIpc) is 2.59. The van der Waals surface area contributed by atoms with Gasteiger partial charge in [-0.25, -0.2) is 0 Å². The molecular weight excluding hydrogens is 164 g/mol. The number of pyridine rings is 1. The van der Waals surface area contributed by atoms with Crippen molar-refractivity contribution in [3.05, 3.63) is 41.7 Å². The lowest BCUT2D eigenvalue weighted by Crippen LogP contribution is -1.91. The third kappa shape index (κ3) is 1.17. The summed E-state index contributed by atoms with van der Waals surface area (Å²) >= 11 is 0. The van der Waals surface area contributed by atoms with E-state index < -0.39 is 0 Å². The summed E-state index contributed by atoms with van der Waals surface area (Å²) in [6, 6.07) is 9.31. The van der Waals surface area contributed by atoms with Crippen LogP contribution in [0.2, 0.25) is 0 Å². The molecule has 0 aliphatic heterocycles. The Hall–Kier alpha value is -1.79. The molecule has 0 saturated carbocycles. The summed E-state index contributed by atoms with van der Waals surface area (Å²) in [5, 5.41) is 17.6. The molecule has 0 atom stereocenters. The van der Waals surface area contributed by atoms with Gasteiger partial charge in [-0.1, -0.05) is 0 Å². The number of aliphatic hydroxyl groups is 1. The van der Waals surface area contributed by atoms with Crippen LogP contribution in [0.15, 0.2) is 30.5 Å². The Kier molecular flexibility index (Phi) is 1.76. The lowest BCUT2D eigenvalue weighted by molar-refractivity contribution is 0.276. The Bertz CT molecular complexity index is 479. The topological polar surface area (TPSA) is 48.4 Å². The first-order valence-electron chi connectivity index (χ1n) is 3.96. The number of nitrogens with zero attached hydrogens (tertiary/aromatic N) is 2. The van der Waals surface area contributed by atoms with Gasteiger partial charge in [0.2, 0.25) is 0 Å². The van der Waals surface area contributed by atoms with Crippen LogP contribution in [0.3, 0.4) is 0 Å². The van der Waals surface area contributed by atoms with Gasteiger partial charge in [0.05, 0.1) is 18.2 Å². The van der Waals surface area contributed by atoms with E-state index in [1.165, 1.54) is 0 Å². The van der Waals surface area contributed by atoms with Crippen LogP contribution in [0.4, 0.5) is 0 Å². The summed E-state index contributed by atoms with van der Waals surface area (Å²) in [6.07, 6.45) is 1.79. The first-order chi connectivity index (χ1) is 6.35. The maximum absolute atomic E-state index is 8.97. The Morgan fingerprint density at radius 2 is 2.23 bits per heavy atom. The summed E-state index contributed by atoms with van der Waals surface area (Å²) in [5.74, 6) is 0. The van der Waals surface area contributed by atoms with Crippen molar-refractivity contribution in [2.45, 2.75) is 6.61 Å². The van der Waals surface area contributed by atoms with Crippen molar-refractivity contribution in [1.29, 1.82) is 5.26 Å². The van der Waals surface area contributed by atoms with Gasteiger partial charge in [-0.15, -0.1) is 0 Å². The van der Waals surface area contributed by atoms with E-state index in [0.717, 1.165) is 11.2 Å². The Morgan fingerprint density at radius 1 is 1.38 bits per heavy atom. The van der Waals surface area contributed by atoms with Crippen LogP contribution in [0.5, 0.6) is 0 Å². The average molecular weight is 172 g/mol. The van der Waals surface area contributed by atoms with Gasteiger partial charge in [-0.2, -0.15) is 5.26 Å². The number of fused-ring (bicyclic) bond motifs is 1. The predicted octanol–water partition coefficient (Wildman–Crippen LogP) is 1.30. The number of aliphatic hydroxyl groups excluding tert-OH is 1. The second-order valence-electron chi connectivity index (χ2n) is 2.80. The fourth-order valence-corrected chi connectivity index (χ4v) is 1.37. The molecule has 0 aliphatic carbocycles. The molecule has 2 aromatic heterocycles. The summed E-state index contributed by atoms with van der Waals surface area (Å²) in [7, 11) is 0. The summed E-state index contributed by atoms with van der Waals surface area (Å²) in [4.78, 5) is 0. The molecule has 0 aliphatic rings. The fraction of sp³-hybridized carbons (Fsp3) is 0.100. The van der Waals surface area contributed by atoms with Crippen LogP contribution in [0.25, 0.3) is 5.52 Å². The van der Waals surface area contributed by atoms with E-state index in [1.54, 1.807) is 18.3 Å². The van der Waals surface area contributed by atoms with Gasteiger partial charge < -0.3 is 9.51 Å². The largest absolute Gasteiger partial charge is 0.390 e. The van der Waals surface area contributed by atoms with Gasteiger partial charge in [-0.3, -0.25) is 0 Å². The maximum atomic E-state index is 8.97. The van der Waals surface area contributed by atoms with E-state index in [-0.39, 0.29) is 6.61 Å². The van der Waals surface area contributed by atoms with E-state index >= 15 is 0 Å². The quantitative estimate of drug-likeness (QED) is 0.704. The molecule has 0 radical (unpaired) electrons. The third-order valence-corrected chi connectivity index (χ3v) is 2.03. The molecule has 0 spiro atoms. The standard InChI is InChI=1S/C10H8N2O/c11-6-8-3-4-12-9(5-8)1-2-10(12)7-13/h1-5,13H,7H2. The lowest BCUT2D eigenvalue weighted by atomic mass is 10.3. The molecule has 2 rings (SSSR count). The number of hydrogen-bond acceptors (Lipinski definition) is 2. The smallest absolute Gasteiger partial charge is 0.0992 e. The van der Waals surface area contributed by atoms with Crippen LogP contribution < -0.4 is 0 Å². The van der Waals surface area contributed by atoms with Crippen molar-refractivity contribution in [3.8, 4) is 6.07 Å². The van der Waals surface area contributed by atoms with E-state index in [0.29, 0.717) is 5.56 Å². The summed E-state index contributed by atoms with van der Waals surface area (Å²) < 4.78 is 1.86. The molecular formula is C10H8N2O. The Labute approximate surface area is 75.5 Å². The van der Waals surface area contributed by atoms with Crippen molar-refractivity contribution in [2.75, 3.05) is 0 Å². The minimum Gasteiger partial charge on any atom is -0.390 e. The number of hydrogen-bond donors (Lipinski definition) is 1. The highest BCUT2D eigenvalue weighted by Gasteiger charge is 2.00. The minimum absolute atomic E-state index is 0.0140. The van der Waals surface area contributed by atoms with Crippen molar-refractivity contribution >= 4 is 5.52 Å². The van der Waals surface area contributed by atoms with Crippen molar-refractivity contribution in [3.63, 3.8) is 0 Å². The predicted molar refractivity (Wildman–Crippen MR) is 48.0 cm³/mol. The monoisotopic (exact) mass is 172 g/mol. The highest BCUT2D eigenvalue weighted by Crippen LogP contribution is 2.11. The van der Waals surface area contributed by atoms with Crippen molar-refractivity contribution in [2.24, 2.45) is 0 Å². The van der Waals surface area contributed by atoms with Gasteiger partial charge in [0.25, 0.3) is 0 Å². The van der Waals surface area contributed by atoms with Gasteiger partial charge >= 0.3 is 0 Å². The van der Waals surface area contributed by atoms with E-state index in [2.05, 4.69) is 6.07 Å². The number of nitriles is 1. The zero-order valence-corrected chi connectivity index (χ0v) is 6.94. The van der Waals surface area contributed by atoms with E-state index in [9.17, 15) is 0 Å². The lowest BCUT2D eigenvalue weighted by Gasteiger charge is -1.98. The molecule has 3 nitrogen and oxygen atoms in total. The molecule has 13 heavy (non-hydrogen) atoms. The summed E-state index contributed by atoms with van der Waals surface area (Å²) in [6.45, 7) is 0.0140. The van der Waals surface area contributed by atoms with Crippen molar-refractivity contribution in [1.82, 2.24) is 4.40 Å². The van der Waals surface area contributed by atoms with Gasteiger partial charge in [-0.05, 0) is 24.3 Å². The van der Waals surface area contributed by atoms with Crippen LogP contribution in [-0.2, 0) is 6.61 Å². The molecule has 64 valence electrons. The maximum Gasteiger partial charge on any atom is 0.0992 e. The molecule has 3 heteroatoms. The SMILES string of the molecule is N#Cc1ccn2c(CO)ccc2c1. The molecule has 0 unspecified atom stereocenters. The molecule has 0 aromatic carbocycles. The first kappa shape index (κ1) is 7.84. The molecule has 0 amide bonds. The Balaban J connectivity index is 2.70. The molecule has 0 saturated heterocycles.